The van der Waals surface area contributed by atoms with Crippen molar-refractivity contribution in [2.45, 2.75) is 19.3 Å². The third-order valence-electron chi connectivity index (χ3n) is 9.85. The van der Waals surface area contributed by atoms with E-state index in [1.165, 1.54) is 87.3 Å². The summed E-state index contributed by atoms with van der Waals surface area (Å²) >= 11 is 0. The molecule has 0 saturated carbocycles. The fourth-order valence-corrected chi connectivity index (χ4v) is 7.79. The van der Waals surface area contributed by atoms with Gasteiger partial charge in [-0.3, -0.25) is 0 Å². The summed E-state index contributed by atoms with van der Waals surface area (Å²) in [6.45, 7) is 4.80. The van der Waals surface area contributed by atoms with E-state index in [2.05, 4.69) is 144 Å². The second-order valence-electron chi connectivity index (χ2n) is 12.2. The lowest BCUT2D eigenvalue weighted by Gasteiger charge is -2.27. The van der Waals surface area contributed by atoms with Crippen LogP contribution in [0.3, 0.4) is 0 Å². The van der Waals surface area contributed by atoms with E-state index >= 15 is 0 Å². The maximum absolute atomic E-state index is 2.46. The minimum Gasteiger partial charge on any atom is -0.308 e. The van der Waals surface area contributed by atoms with Crippen LogP contribution in [0.25, 0.3) is 76.2 Å². The molecule has 0 atom stereocenters. The Morgan fingerprint density at radius 1 is 0.366 bits per heavy atom. The first kappa shape index (κ1) is 21.7. The number of hydrogen-bond donors (Lipinski definition) is 0. The second kappa shape index (κ2) is 7.16. The molecule has 0 aliphatic heterocycles. The lowest BCUT2D eigenvalue weighted by molar-refractivity contribution is 0.644. The number of hydrogen-bond acceptors (Lipinski definition) is 0. The predicted octanol–water partition coefficient (Wildman–Crippen LogP) is 10.3. The van der Waals surface area contributed by atoms with E-state index in [4.69, 9.17) is 0 Å². The van der Waals surface area contributed by atoms with Crippen molar-refractivity contribution in [1.82, 2.24) is 8.80 Å². The molecule has 0 saturated heterocycles. The topological polar surface area (TPSA) is 8.82 Å². The Morgan fingerprint density at radius 3 is 0.927 bits per heavy atom. The van der Waals surface area contributed by atoms with Gasteiger partial charge in [0, 0.05) is 48.5 Å². The molecule has 2 heteroatoms. The van der Waals surface area contributed by atoms with Crippen LogP contribution >= 0.6 is 0 Å². The summed E-state index contributed by atoms with van der Waals surface area (Å²) in [5, 5.41) is 10.6. The number of aromatic nitrogens is 2. The summed E-state index contributed by atoms with van der Waals surface area (Å²) in [5.41, 5.74) is 10.3. The van der Waals surface area contributed by atoms with Crippen LogP contribution in [0, 0.1) is 0 Å². The molecule has 0 bridgehead atoms. The molecule has 10 rings (SSSR count). The van der Waals surface area contributed by atoms with Gasteiger partial charge in [-0.2, -0.15) is 0 Å². The molecule has 0 aliphatic carbocycles. The van der Waals surface area contributed by atoms with Crippen molar-refractivity contribution in [2.75, 3.05) is 0 Å². The number of rotatable bonds is 2. The van der Waals surface area contributed by atoms with Crippen LogP contribution in [0.15, 0.2) is 121 Å². The molecule has 10 aromatic rings. The summed E-state index contributed by atoms with van der Waals surface area (Å²) in [7, 11) is 0. The molecule has 192 valence electrons. The standard InChI is InChI=1S/C39H26N2/c1-39(2,23-19-29-25-11-3-7-15-33(25)40-34-16-8-4-12-26(34)30(20-23)37(29)40)24-21-31-27-13-5-9-17-35(27)41-36-18-10-6-14-28(36)32(22-24)38(31)41/h3-22H,1-2H3. The van der Waals surface area contributed by atoms with Crippen LogP contribution in [0.5, 0.6) is 0 Å². The summed E-state index contributed by atoms with van der Waals surface area (Å²) in [6, 6.07) is 45.3. The van der Waals surface area contributed by atoms with Crippen molar-refractivity contribution in [2.24, 2.45) is 0 Å². The maximum atomic E-state index is 2.46. The zero-order valence-electron chi connectivity index (χ0n) is 22.9. The predicted molar refractivity (Wildman–Crippen MR) is 174 cm³/mol. The Labute approximate surface area is 236 Å². The van der Waals surface area contributed by atoms with Crippen molar-refractivity contribution in [3.63, 3.8) is 0 Å². The van der Waals surface area contributed by atoms with Gasteiger partial charge in [0.25, 0.3) is 0 Å². The highest BCUT2D eigenvalue weighted by Crippen LogP contribution is 2.46. The molecule has 0 fully saturated rings. The molecule has 0 radical (unpaired) electrons. The van der Waals surface area contributed by atoms with Gasteiger partial charge in [-0.25, -0.2) is 0 Å². The van der Waals surface area contributed by atoms with Crippen molar-refractivity contribution in [3.8, 4) is 0 Å². The Hall–Kier alpha value is -5.08. The SMILES string of the molecule is CC(C)(c1cc2c3ccccc3n3c4ccccc4c(c1)c23)c1cc2c3ccccc3n3c4ccccc4c(c1)c23. The zero-order chi connectivity index (χ0) is 27.0. The van der Waals surface area contributed by atoms with E-state index in [0.29, 0.717) is 0 Å². The molecule has 0 amide bonds. The molecule has 4 aromatic heterocycles. The highest BCUT2D eigenvalue weighted by molar-refractivity contribution is 6.25. The minimum absolute atomic E-state index is 0.211. The molecule has 2 nitrogen and oxygen atoms in total. The molecule has 41 heavy (non-hydrogen) atoms. The quantitative estimate of drug-likeness (QED) is 0.214. The molecule has 0 N–H and O–H groups in total. The maximum Gasteiger partial charge on any atom is 0.0620 e. The Bertz CT molecular complexity index is 2310. The summed E-state index contributed by atoms with van der Waals surface area (Å²) in [5.74, 6) is 0. The van der Waals surface area contributed by atoms with Crippen molar-refractivity contribution in [3.05, 3.63) is 132 Å². The molecular weight excluding hydrogens is 496 g/mol. The lowest BCUT2D eigenvalue weighted by Crippen LogP contribution is -2.18. The largest absolute Gasteiger partial charge is 0.308 e. The van der Waals surface area contributed by atoms with Crippen molar-refractivity contribution >= 4 is 76.2 Å². The van der Waals surface area contributed by atoms with E-state index in [1.807, 2.05) is 0 Å². The first-order valence-corrected chi connectivity index (χ1v) is 14.5. The average Bonchev–Trinajstić information content (AvgIpc) is 3.74. The van der Waals surface area contributed by atoms with Gasteiger partial charge >= 0.3 is 0 Å². The average molecular weight is 523 g/mol. The minimum atomic E-state index is -0.211. The highest BCUT2D eigenvalue weighted by Gasteiger charge is 2.29. The summed E-state index contributed by atoms with van der Waals surface area (Å²) < 4.78 is 4.93. The van der Waals surface area contributed by atoms with Crippen LogP contribution in [0.4, 0.5) is 0 Å². The Kier molecular flexibility index (Phi) is 3.79. The van der Waals surface area contributed by atoms with Gasteiger partial charge in [-0.1, -0.05) is 86.6 Å². The molecule has 0 aliphatic rings. The van der Waals surface area contributed by atoms with Gasteiger partial charge in [-0.15, -0.1) is 0 Å². The van der Waals surface area contributed by atoms with Gasteiger partial charge in [0.05, 0.1) is 33.1 Å². The van der Waals surface area contributed by atoms with Crippen LogP contribution in [0.2, 0.25) is 0 Å². The van der Waals surface area contributed by atoms with Gasteiger partial charge in [-0.05, 0) is 59.7 Å². The second-order valence-corrected chi connectivity index (χ2v) is 12.2. The fourth-order valence-electron chi connectivity index (χ4n) is 7.79. The monoisotopic (exact) mass is 522 g/mol. The van der Waals surface area contributed by atoms with E-state index < -0.39 is 0 Å². The van der Waals surface area contributed by atoms with Crippen molar-refractivity contribution in [1.29, 1.82) is 0 Å². The van der Waals surface area contributed by atoms with E-state index in [0.717, 1.165) is 0 Å². The van der Waals surface area contributed by atoms with Crippen LogP contribution in [-0.2, 0) is 5.41 Å². The Morgan fingerprint density at radius 2 is 0.634 bits per heavy atom. The molecule has 4 heterocycles. The fraction of sp³-hybridized carbons (Fsp3) is 0.0769. The normalized spacial score (nSPS) is 13.1. The Balaban J connectivity index is 1.33. The number of fused-ring (bicyclic) bond motifs is 12. The number of nitrogens with zero attached hydrogens (tertiary/aromatic N) is 2. The van der Waals surface area contributed by atoms with Crippen LogP contribution in [-0.4, -0.2) is 8.80 Å². The van der Waals surface area contributed by atoms with E-state index in [1.54, 1.807) is 0 Å². The molecular formula is C39H26N2. The summed E-state index contributed by atoms with van der Waals surface area (Å²) in [4.78, 5) is 0. The molecule has 0 spiro atoms. The van der Waals surface area contributed by atoms with Gasteiger partial charge in [0.15, 0.2) is 0 Å². The van der Waals surface area contributed by atoms with Crippen LogP contribution < -0.4 is 0 Å². The first-order chi connectivity index (χ1) is 20.1. The number of para-hydroxylation sites is 4. The number of benzene rings is 6. The van der Waals surface area contributed by atoms with E-state index in [9.17, 15) is 0 Å². The smallest absolute Gasteiger partial charge is 0.0620 e. The molecule has 6 aromatic carbocycles. The van der Waals surface area contributed by atoms with Gasteiger partial charge in [0.1, 0.15) is 0 Å². The highest BCUT2D eigenvalue weighted by atomic mass is 14.9. The van der Waals surface area contributed by atoms with Gasteiger partial charge < -0.3 is 8.80 Å². The summed E-state index contributed by atoms with van der Waals surface area (Å²) in [6.07, 6.45) is 0. The first-order valence-electron chi connectivity index (χ1n) is 14.5. The molecule has 0 unspecified atom stereocenters. The van der Waals surface area contributed by atoms with Crippen molar-refractivity contribution < 1.29 is 0 Å². The third kappa shape index (κ3) is 2.50. The zero-order valence-corrected chi connectivity index (χ0v) is 22.9. The third-order valence-corrected chi connectivity index (χ3v) is 9.85. The van der Waals surface area contributed by atoms with Crippen LogP contribution in [0.1, 0.15) is 25.0 Å². The van der Waals surface area contributed by atoms with E-state index in [-0.39, 0.29) is 5.41 Å². The lowest BCUT2D eigenvalue weighted by atomic mass is 9.76. The van der Waals surface area contributed by atoms with Gasteiger partial charge in [0.2, 0.25) is 0 Å².